The van der Waals surface area contributed by atoms with Crippen molar-refractivity contribution in [2.45, 2.75) is 5.75 Å². The van der Waals surface area contributed by atoms with Crippen LogP contribution in [0.3, 0.4) is 0 Å². The summed E-state index contributed by atoms with van der Waals surface area (Å²) in [5.74, 6) is 0.608. The lowest BCUT2D eigenvalue weighted by Crippen LogP contribution is -1.89. The molecule has 0 saturated heterocycles. The average Bonchev–Trinajstić information content (AvgIpc) is 2.36. The van der Waals surface area contributed by atoms with E-state index in [9.17, 15) is 10.1 Å². The number of nitro groups is 1. The van der Waals surface area contributed by atoms with Crippen LogP contribution in [0.4, 0.5) is 5.69 Å². The Balaban J connectivity index is 2.64. The topological polar surface area (TPSA) is 61.6 Å². The summed E-state index contributed by atoms with van der Waals surface area (Å²) in [5, 5.41) is 10.5. The van der Waals surface area contributed by atoms with Gasteiger partial charge in [-0.05, 0) is 17.4 Å². The Morgan fingerprint density at radius 2 is 1.88 bits per heavy atom. The molecule has 94 valence electrons. The van der Waals surface area contributed by atoms with Crippen LogP contribution in [0.1, 0.15) is 5.56 Å². The van der Waals surface area contributed by atoms with Crippen LogP contribution in [-0.2, 0) is 26.6 Å². The molecule has 1 aromatic carbocycles. The largest absolute Gasteiger partial charge is 0.325 e. The zero-order chi connectivity index (χ0) is 12.9. The van der Waals surface area contributed by atoms with Crippen LogP contribution in [0.25, 0.3) is 0 Å². The van der Waals surface area contributed by atoms with Crippen molar-refractivity contribution in [2.24, 2.45) is 0 Å². The number of rotatable bonds is 6. The number of nitro benzene ring substituents is 1. The highest BCUT2D eigenvalue weighted by atomic mass is 32.9. The molecule has 1 aromatic rings. The maximum absolute atomic E-state index is 10.5. The van der Waals surface area contributed by atoms with Crippen LogP contribution >= 0.6 is 17.1 Å². The van der Waals surface area contributed by atoms with Gasteiger partial charge in [-0.25, -0.2) is 0 Å². The molecule has 0 fully saturated rings. The molecule has 0 atom stereocenters. The summed E-state index contributed by atoms with van der Waals surface area (Å²) in [6.07, 6.45) is 0. The minimum absolute atomic E-state index is 0.0802. The lowest BCUT2D eigenvalue weighted by molar-refractivity contribution is -0.384. The predicted octanol–water partition coefficient (Wildman–Crippen LogP) is 3.35. The van der Waals surface area contributed by atoms with Gasteiger partial charge in [-0.3, -0.25) is 10.1 Å². The molecule has 0 saturated carbocycles. The molecule has 0 heterocycles. The van der Waals surface area contributed by atoms with E-state index in [1.165, 1.54) is 37.7 Å². The smallest absolute Gasteiger partial charge is 0.269 e. The Morgan fingerprint density at radius 3 is 2.29 bits per heavy atom. The third kappa shape index (κ3) is 4.37. The van der Waals surface area contributed by atoms with E-state index in [1.54, 1.807) is 12.1 Å². The van der Waals surface area contributed by atoms with Crippen LogP contribution in [-0.4, -0.2) is 19.1 Å². The fourth-order valence-electron chi connectivity index (χ4n) is 1.05. The molecule has 0 amide bonds. The minimum atomic E-state index is -2.26. The Kier molecular flexibility index (Phi) is 5.55. The zero-order valence-electron chi connectivity index (χ0n) is 9.36. The van der Waals surface area contributed by atoms with Crippen LogP contribution in [0.2, 0.25) is 0 Å². The zero-order valence-corrected chi connectivity index (χ0v) is 11.9. The molecular formula is C9H12NO4PS2. The Bertz CT molecular complexity index is 429. The molecule has 0 unspecified atom stereocenters. The number of nitrogens with zero attached hydrogens (tertiary/aromatic N) is 1. The van der Waals surface area contributed by atoms with Gasteiger partial charge in [0.05, 0.1) is 4.92 Å². The van der Waals surface area contributed by atoms with E-state index in [2.05, 4.69) is 0 Å². The van der Waals surface area contributed by atoms with Gasteiger partial charge in [0.25, 0.3) is 5.69 Å². The van der Waals surface area contributed by atoms with Gasteiger partial charge in [0.2, 0.25) is 5.69 Å². The quantitative estimate of drug-likeness (QED) is 0.455. The van der Waals surface area contributed by atoms with E-state index in [-0.39, 0.29) is 5.69 Å². The van der Waals surface area contributed by atoms with Gasteiger partial charge in [0.15, 0.2) is 0 Å². The van der Waals surface area contributed by atoms with E-state index in [0.717, 1.165) is 5.56 Å². The first-order valence-corrected chi connectivity index (χ1v) is 8.83. The highest BCUT2D eigenvalue weighted by molar-refractivity contribution is 8.67. The second-order valence-corrected chi connectivity index (χ2v) is 9.53. The van der Waals surface area contributed by atoms with E-state index < -0.39 is 10.6 Å². The summed E-state index contributed by atoms with van der Waals surface area (Å²) in [4.78, 5) is 10.0. The van der Waals surface area contributed by atoms with Crippen molar-refractivity contribution in [3.63, 3.8) is 0 Å². The lowest BCUT2D eigenvalue weighted by Gasteiger charge is -2.16. The molecule has 0 N–H and O–H groups in total. The van der Waals surface area contributed by atoms with Crippen molar-refractivity contribution < 1.29 is 14.0 Å². The molecule has 0 aliphatic carbocycles. The van der Waals surface area contributed by atoms with Crippen molar-refractivity contribution in [2.75, 3.05) is 14.2 Å². The maximum atomic E-state index is 10.5. The highest BCUT2D eigenvalue weighted by Crippen LogP contribution is 2.60. The van der Waals surface area contributed by atoms with Gasteiger partial charge in [0, 0.05) is 32.1 Å². The van der Waals surface area contributed by atoms with Gasteiger partial charge in [-0.2, -0.15) is 0 Å². The molecule has 0 spiro atoms. The summed E-state index contributed by atoms with van der Waals surface area (Å²) in [6.45, 7) is 0. The molecule has 0 aromatic heterocycles. The second kappa shape index (κ2) is 6.47. The van der Waals surface area contributed by atoms with Crippen molar-refractivity contribution in [1.29, 1.82) is 0 Å². The summed E-state index contributed by atoms with van der Waals surface area (Å²) >= 11 is 6.60. The van der Waals surface area contributed by atoms with Crippen LogP contribution < -0.4 is 0 Å². The molecule has 5 nitrogen and oxygen atoms in total. The monoisotopic (exact) mass is 293 g/mol. The van der Waals surface area contributed by atoms with Crippen LogP contribution in [0.5, 0.6) is 0 Å². The first kappa shape index (κ1) is 14.6. The summed E-state index contributed by atoms with van der Waals surface area (Å²) in [7, 11) is 3.04. The third-order valence-corrected chi connectivity index (χ3v) is 7.73. The van der Waals surface area contributed by atoms with Gasteiger partial charge >= 0.3 is 0 Å². The van der Waals surface area contributed by atoms with Gasteiger partial charge < -0.3 is 9.05 Å². The van der Waals surface area contributed by atoms with Crippen molar-refractivity contribution in [3.8, 4) is 0 Å². The fraction of sp³-hybridized carbons (Fsp3) is 0.333. The molecular weight excluding hydrogens is 281 g/mol. The van der Waals surface area contributed by atoms with E-state index >= 15 is 0 Å². The van der Waals surface area contributed by atoms with Crippen LogP contribution in [0, 0.1) is 10.1 Å². The Labute approximate surface area is 109 Å². The molecule has 8 heteroatoms. The summed E-state index contributed by atoms with van der Waals surface area (Å²) < 4.78 is 10.3. The highest BCUT2D eigenvalue weighted by Gasteiger charge is 2.16. The normalized spacial score (nSPS) is 11.4. The average molecular weight is 293 g/mol. The maximum Gasteiger partial charge on any atom is 0.269 e. The number of benzene rings is 1. The summed E-state index contributed by atoms with van der Waals surface area (Å²) in [5.41, 5.74) is -1.23. The van der Waals surface area contributed by atoms with Gasteiger partial charge in [-0.15, -0.1) is 0 Å². The molecule has 0 aliphatic heterocycles. The lowest BCUT2D eigenvalue weighted by atomic mass is 10.2. The van der Waals surface area contributed by atoms with Crippen molar-refractivity contribution in [1.82, 2.24) is 0 Å². The number of non-ortho nitro benzene ring substituents is 1. The first-order valence-electron chi connectivity index (χ1n) is 4.60. The molecule has 0 bridgehead atoms. The molecule has 0 aliphatic rings. The van der Waals surface area contributed by atoms with Crippen LogP contribution in [0.15, 0.2) is 24.3 Å². The fourth-order valence-corrected chi connectivity index (χ4v) is 3.94. The Hall–Kier alpha value is -0.460. The predicted molar refractivity (Wildman–Crippen MR) is 72.7 cm³/mol. The second-order valence-electron chi connectivity index (χ2n) is 3.01. The molecule has 1 rings (SSSR count). The third-order valence-electron chi connectivity index (χ3n) is 1.98. The van der Waals surface area contributed by atoms with Crippen molar-refractivity contribution in [3.05, 3.63) is 39.9 Å². The number of hydrogen-bond acceptors (Lipinski definition) is 6. The number of hydrogen-bond donors (Lipinski definition) is 0. The van der Waals surface area contributed by atoms with Crippen molar-refractivity contribution >= 4 is 34.6 Å². The van der Waals surface area contributed by atoms with Gasteiger partial charge in [-0.1, -0.05) is 23.5 Å². The molecule has 17 heavy (non-hydrogen) atoms. The van der Waals surface area contributed by atoms with Gasteiger partial charge in [0.1, 0.15) is 0 Å². The first-order chi connectivity index (χ1) is 8.00. The minimum Gasteiger partial charge on any atom is -0.325 e. The van der Waals surface area contributed by atoms with E-state index in [4.69, 9.17) is 20.9 Å². The summed E-state index contributed by atoms with van der Waals surface area (Å²) in [6, 6.07) is 6.35. The van der Waals surface area contributed by atoms with E-state index in [1.807, 2.05) is 0 Å². The Morgan fingerprint density at radius 1 is 1.35 bits per heavy atom. The SMILES string of the molecule is COP(=S)(OC)SCc1ccc([N+](=O)[O-])cc1. The standard InChI is InChI=1S/C9H12NO4PS2/c1-13-15(16,14-2)17-7-8-3-5-9(6-4-8)10(11)12/h3-6H,7H2,1-2H3. The molecule has 0 radical (unpaired) electrons. The van der Waals surface area contributed by atoms with E-state index in [0.29, 0.717) is 5.75 Å².